The number of aromatic nitrogens is 2. The molecule has 0 aliphatic heterocycles. The average Bonchev–Trinajstić information content (AvgIpc) is 3.01. The van der Waals surface area contributed by atoms with Crippen molar-refractivity contribution in [3.05, 3.63) is 38.7 Å². The van der Waals surface area contributed by atoms with E-state index in [2.05, 4.69) is 46.0 Å². The van der Waals surface area contributed by atoms with Gasteiger partial charge in [0.15, 0.2) is 0 Å². The van der Waals surface area contributed by atoms with Gasteiger partial charge in [-0.15, -0.1) is 11.3 Å². The van der Waals surface area contributed by atoms with Crippen LogP contribution in [0.1, 0.15) is 28.8 Å². The van der Waals surface area contributed by atoms with E-state index in [4.69, 9.17) is 4.98 Å². The maximum absolute atomic E-state index is 4.80. The number of rotatable bonds is 1. The van der Waals surface area contributed by atoms with Crippen molar-refractivity contribution in [1.82, 2.24) is 9.97 Å². The Morgan fingerprint density at radius 1 is 1.20 bits per heavy atom. The van der Waals surface area contributed by atoms with Crippen LogP contribution in [0.15, 0.2) is 22.7 Å². The molecule has 4 rings (SSSR count). The number of hydrogen-bond acceptors (Lipinski definition) is 2. The molecule has 4 heteroatoms. The Balaban J connectivity index is 1.85. The normalized spacial score (nSPS) is 14.7. The highest BCUT2D eigenvalue weighted by atomic mass is 79.9. The molecule has 0 saturated carbocycles. The van der Waals surface area contributed by atoms with Crippen molar-refractivity contribution in [2.24, 2.45) is 0 Å². The van der Waals surface area contributed by atoms with E-state index < -0.39 is 0 Å². The molecule has 1 aliphatic carbocycles. The molecule has 102 valence electrons. The van der Waals surface area contributed by atoms with E-state index in [1.165, 1.54) is 41.7 Å². The van der Waals surface area contributed by atoms with Gasteiger partial charge in [-0.25, -0.2) is 4.98 Å². The number of benzene rings is 1. The standard InChI is InChI=1S/C16H15BrN2S/c1-9-6-11(17)8-12-15(9)19-16(18-12)14-7-10-4-2-3-5-13(10)20-14/h6-8H,2-5H2,1H3,(H,18,19). The fraction of sp³-hybridized carbons (Fsp3) is 0.312. The highest BCUT2D eigenvalue weighted by molar-refractivity contribution is 9.10. The molecule has 2 aromatic heterocycles. The zero-order valence-corrected chi connectivity index (χ0v) is 13.7. The Bertz CT molecular complexity index is 777. The summed E-state index contributed by atoms with van der Waals surface area (Å²) in [6, 6.07) is 6.56. The lowest BCUT2D eigenvalue weighted by atomic mass is 9.99. The van der Waals surface area contributed by atoms with Crippen LogP contribution < -0.4 is 0 Å². The summed E-state index contributed by atoms with van der Waals surface area (Å²) in [6.07, 6.45) is 5.13. The molecular formula is C16H15BrN2S. The van der Waals surface area contributed by atoms with Gasteiger partial charge in [-0.1, -0.05) is 15.9 Å². The summed E-state index contributed by atoms with van der Waals surface area (Å²) in [6.45, 7) is 2.11. The smallest absolute Gasteiger partial charge is 0.148 e. The molecule has 0 radical (unpaired) electrons. The third-order valence-electron chi connectivity index (χ3n) is 3.97. The van der Waals surface area contributed by atoms with Gasteiger partial charge in [-0.2, -0.15) is 0 Å². The molecule has 1 N–H and O–H groups in total. The van der Waals surface area contributed by atoms with Crippen LogP contribution in [-0.2, 0) is 12.8 Å². The summed E-state index contributed by atoms with van der Waals surface area (Å²) in [4.78, 5) is 11.1. The number of H-pyrrole nitrogens is 1. The molecular weight excluding hydrogens is 332 g/mol. The van der Waals surface area contributed by atoms with Crippen molar-refractivity contribution < 1.29 is 0 Å². The zero-order chi connectivity index (χ0) is 13.7. The lowest BCUT2D eigenvalue weighted by molar-refractivity contribution is 0.697. The molecule has 3 aromatic rings. The number of fused-ring (bicyclic) bond motifs is 2. The first-order chi connectivity index (χ1) is 9.70. The maximum atomic E-state index is 4.80. The molecule has 1 aromatic carbocycles. The highest BCUT2D eigenvalue weighted by Crippen LogP contribution is 2.35. The number of hydrogen-bond donors (Lipinski definition) is 1. The lowest BCUT2D eigenvalue weighted by Crippen LogP contribution is -1.96. The third-order valence-corrected chi connectivity index (χ3v) is 5.67. The third kappa shape index (κ3) is 2.02. The Labute approximate surface area is 130 Å². The molecule has 1 aliphatic rings. The second-order valence-electron chi connectivity index (χ2n) is 5.47. The van der Waals surface area contributed by atoms with Crippen LogP contribution in [0.4, 0.5) is 0 Å². The van der Waals surface area contributed by atoms with Gasteiger partial charge in [-0.05, 0) is 61.9 Å². The maximum Gasteiger partial charge on any atom is 0.148 e. The average molecular weight is 347 g/mol. The van der Waals surface area contributed by atoms with Crippen molar-refractivity contribution in [2.45, 2.75) is 32.6 Å². The first-order valence-corrected chi connectivity index (χ1v) is 8.59. The van der Waals surface area contributed by atoms with Crippen molar-refractivity contribution in [1.29, 1.82) is 0 Å². The summed E-state index contributed by atoms with van der Waals surface area (Å²) in [5, 5.41) is 0. The Morgan fingerprint density at radius 3 is 2.90 bits per heavy atom. The summed E-state index contributed by atoms with van der Waals surface area (Å²) in [5.41, 5.74) is 4.93. The lowest BCUT2D eigenvalue weighted by Gasteiger charge is -2.08. The van der Waals surface area contributed by atoms with E-state index in [9.17, 15) is 0 Å². The molecule has 0 spiro atoms. The van der Waals surface area contributed by atoms with Gasteiger partial charge in [0.05, 0.1) is 15.9 Å². The van der Waals surface area contributed by atoms with E-state index in [-0.39, 0.29) is 0 Å². The van der Waals surface area contributed by atoms with Crippen LogP contribution in [0.25, 0.3) is 21.7 Å². The Kier molecular flexibility index (Phi) is 2.97. The predicted octanol–water partition coefficient (Wildman–Crippen LogP) is 5.24. The number of thiophene rings is 1. The van der Waals surface area contributed by atoms with E-state index in [0.717, 1.165) is 21.3 Å². The topological polar surface area (TPSA) is 28.7 Å². The largest absolute Gasteiger partial charge is 0.337 e. The number of aromatic amines is 1. The van der Waals surface area contributed by atoms with Crippen LogP contribution in [0.5, 0.6) is 0 Å². The van der Waals surface area contributed by atoms with Crippen molar-refractivity contribution >= 4 is 38.3 Å². The van der Waals surface area contributed by atoms with Crippen molar-refractivity contribution in [3.8, 4) is 10.7 Å². The predicted molar refractivity (Wildman–Crippen MR) is 88.5 cm³/mol. The molecule has 0 atom stereocenters. The SMILES string of the molecule is Cc1cc(Br)cc2[nH]c(-c3cc4c(s3)CCCC4)nc12. The number of nitrogens with one attached hydrogen (secondary N) is 1. The molecule has 0 amide bonds. The Morgan fingerprint density at radius 2 is 2.05 bits per heavy atom. The molecule has 0 unspecified atom stereocenters. The Hall–Kier alpha value is -1.13. The number of nitrogens with zero attached hydrogens (tertiary/aromatic N) is 1. The van der Waals surface area contributed by atoms with Crippen molar-refractivity contribution in [3.63, 3.8) is 0 Å². The van der Waals surface area contributed by atoms with Crippen molar-refractivity contribution in [2.75, 3.05) is 0 Å². The van der Waals surface area contributed by atoms with Crippen LogP contribution in [0.3, 0.4) is 0 Å². The van der Waals surface area contributed by atoms with Crippen LogP contribution >= 0.6 is 27.3 Å². The molecule has 0 fully saturated rings. The molecule has 0 bridgehead atoms. The quantitative estimate of drug-likeness (QED) is 0.641. The minimum Gasteiger partial charge on any atom is -0.337 e. The van der Waals surface area contributed by atoms with Gasteiger partial charge < -0.3 is 4.98 Å². The van der Waals surface area contributed by atoms with Gasteiger partial charge in [0.2, 0.25) is 0 Å². The summed E-state index contributed by atoms with van der Waals surface area (Å²) >= 11 is 5.46. The van der Waals surface area contributed by atoms with Gasteiger partial charge >= 0.3 is 0 Å². The highest BCUT2D eigenvalue weighted by Gasteiger charge is 2.16. The minimum absolute atomic E-state index is 1.01. The van der Waals surface area contributed by atoms with E-state index >= 15 is 0 Å². The van der Waals surface area contributed by atoms with Gasteiger partial charge in [0, 0.05) is 9.35 Å². The van der Waals surface area contributed by atoms with E-state index in [0.29, 0.717) is 0 Å². The molecule has 0 saturated heterocycles. The zero-order valence-electron chi connectivity index (χ0n) is 11.3. The van der Waals surface area contributed by atoms with Crippen LogP contribution in [-0.4, -0.2) is 9.97 Å². The van der Waals surface area contributed by atoms with Gasteiger partial charge in [0.1, 0.15) is 5.82 Å². The summed E-state index contributed by atoms with van der Waals surface area (Å²) in [7, 11) is 0. The fourth-order valence-corrected chi connectivity index (χ4v) is 4.74. The van der Waals surface area contributed by atoms with Crippen LogP contribution in [0, 0.1) is 6.92 Å². The van der Waals surface area contributed by atoms with E-state index in [1.54, 1.807) is 4.88 Å². The fourth-order valence-electron chi connectivity index (χ4n) is 2.97. The summed E-state index contributed by atoms with van der Waals surface area (Å²) in [5.74, 6) is 1.01. The molecule has 20 heavy (non-hydrogen) atoms. The number of imidazole rings is 1. The molecule has 2 heterocycles. The first-order valence-electron chi connectivity index (χ1n) is 6.98. The minimum atomic E-state index is 1.01. The second-order valence-corrected chi connectivity index (χ2v) is 7.52. The monoisotopic (exact) mass is 346 g/mol. The van der Waals surface area contributed by atoms with Crippen LogP contribution in [0.2, 0.25) is 0 Å². The number of aryl methyl sites for hydroxylation is 3. The summed E-state index contributed by atoms with van der Waals surface area (Å²) < 4.78 is 1.10. The first kappa shape index (κ1) is 12.6. The second kappa shape index (κ2) is 4.71. The van der Waals surface area contributed by atoms with Gasteiger partial charge in [-0.3, -0.25) is 0 Å². The van der Waals surface area contributed by atoms with E-state index in [1.807, 2.05) is 11.3 Å². The van der Waals surface area contributed by atoms with Gasteiger partial charge in [0.25, 0.3) is 0 Å². The number of halogens is 1. The molecule has 2 nitrogen and oxygen atoms in total.